The molecule has 26 heavy (non-hydrogen) atoms. The molecule has 1 aliphatic rings. The van der Waals surface area contributed by atoms with Crippen molar-refractivity contribution in [2.24, 2.45) is 12.0 Å². The summed E-state index contributed by atoms with van der Waals surface area (Å²) < 4.78 is 2.09. The molecule has 3 aromatic rings. The van der Waals surface area contributed by atoms with Crippen LogP contribution in [-0.4, -0.2) is 15.6 Å². The Kier molecular flexibility index (Phi) is 4.17. The minimum Gasteiger partial charge on any atom is -0.344 e. The summed E-state index contributed by atoms with van der Waals surface area (Å²) >= 11 is 1.37. The van der Waals surface area contributed by atoms with E-state index in [1.807, 2.05) is 43.5 Å². The van der Waals surface area contributed by atoms with Gasteiger partial charge in [-0.25, -0.2) is 4.99 Å². The number of carbonyl (C=O) groups is 1. The number of fused-ring (bicyclic) bond motifs is 1. The first-order valence-corrected chi connectivity index (χ1v) is 9.24. The Hall–Kier alpha value is -2.79. The number of para-hydroxylation sites is 1. The van der Waals surface area contributed by atoms with Gasteiger partial charge >= 0.3 is 0 Å². The Bertz CT molecular complexity index is 1090. The van der Waals surface area contributed by atoms with Crippen molar-refractivity contribution >= 4 is 45.5 Å². The summed E-state index contributed by atoms with van der Waals surface area (Å²) in [7, 11) is 2.01. The first-order valence-electron chi connectivity index (χ1n) is 8.42. The van der Waals surface area contributed by atoms with Gasteiger partial charge in [-0.15, -0.1) is 0 Å². The van der Waals surface area contributed by atoms with Crippen molar-refractivity contribution in [3.8, 4) is 0 Å². The predicted octanol–water partition coefficient (Wildman–Crippen LogP) is 4.69. The fraction of sp³-hybridized carbons (Fsp3) is 0.143. The van der Waals surface area contributed by atoms with Crippen molar-refractivity contribution in [3.63, 3.8) is 0 Å². The summed E-state index contributed by atoms with van der Waals surface area (Å²) in [5.74, 6) is -0.108. The molecule has 0 unspecified atom stereocenters. The molecule has 0 radical (unpaired) electrons. The third-order valence-electron chi connectivity index (χ3n) is 4.64. The average Bonchev–Trinajstić information content (AvgIpc) is 3.12. The minimum absolute atomic E-state index is 0.108. The molecular formula is C21H19N3OS. The van der Waals surface area contributed by atoms with Crippen LogP contribution in [0, 0.1) is 13.8 Å². The number of hydrogen-bond donors (Lipinski definition) is 1. The van der Waals surface area contributed by atoms with Gasteiger partial charge in [0.05, 0.1) is 10.6 Å². The number of thioether (sulfide) groups is 1. The minimum atomic E-state index is -0.108. The maximum atomic E-state index is 12.3. The quantitative estimate of drug-likeness (QED) is 0.673. The molecule has 130 valence electrons. The number of carbonyl (C=O) groups excluding carboxylic acids is 1. The number of hydrogen-bond acceptors (Lipinski definition) is 3. The zero-order chi connectivity index (χ0) is 18.3. The largest absolute Gasteiger partial charge is 0.344 e. The van der Waals surface area contributed by atoms with Crippen LogP contribution in [0.25, 0.3) is 17.0 Å². The van der Waals surface area contributed by atoms with E-state index in [-0.39, 0.29) is 5.91 Å². The van der Waals surface area contributed by atoms with E-state index in [1.165, 1.54) is 22.9 Å². The number of nitrogens with zero attached hydrogens (tertiary/aromatic N) is 2. The van der Waals surface area contributed by atoms with E-state index >= 15 is 0 Å². The number of nitrogens with one attached hydrogen (secondary N) is 1. The SMILES string of the molecule is Cc1ccc(N=C2NC(=O)/C(=C\c3cc4ccccc4n3C)S2)cc1C. The van der Waals surface area contributed by atoms with Crippen LogP contribution < -0.4 is 5.32 Å². The Morgan fingerprint density at radius 3 is 2.65 bits per heavy atom. The Morgan fingerprint density at radius 1 is 1.08 bits per heavy atom. The van der Waals surface area contributed by atoms with E-state index in [0.717, 1.165) is 22.3 Å². The summed E-state index contributed by atoms with van der Waals surface area (Å²) in [5.41, 5.74) is 5.41. The zero-order valence-corrected chi connectivity index (χ0v) is 15.7. The van der Waals surface area contributed by atoms with Crippen molar-refractivity contribution in [3.05, 3.63) is 70.3 Å². The highest BCUT2D eigenvalue weighted by molar-refractivity contribution is 8.18. The number of benzene rings is 2. The molecule has 2 aromatic carbocycles. The standard InChI is InChI=1S/C21H19N3OS/c1-13-8-9-16(10-14(13)2)22-21-23-20(25)19(26-21)12-17-11-15-6-4-5-7-18(15)24(17)3/h4-12H,1-3H3,(H,22,23,25)/b19-12+. The summed E-state index contributed by atoms with van der Waals surface area (Å²) in [4.78, 5) is 17.6. The lowest BCUT2D eigenvalue weighted by Crippen LogP contribution is -2.19. The normalized spacial score (nSPS) is 17.4. The number of aliphatic imine (C=N–C) groups is 1. The van der Waals surface area contributed by atoms with Crippen molar-refractivity contribution in [2.45, 2.75) is 13.8 Å². The number of aryl methyl sites for hydroxylation is 3. The molecule has 0 saturated carbocycles. The third-order valence-corrected chi connectivity index (χ3v) is 5.55. The monoisotopic (exact) mass is 361 g/mol. The molecule has 0 aliphatic carbocycles. The lowest BCUT2D eigenvalue weighted by atomic mass is 10.1. The molecule has 0 atom stereocenters. The number of rotatable bonds is 2. The number of aromatic nitrogens is 1. The molecule has 1 aliphatic heterocycles. The molecule has 4 rings (SSSR count). The predicted molar refractivity (Wildman–Crippen MR) is 110 cm³/mol. The van der Waals surface area contributed by atoms with Gasteiger partial charge in [-0.05, 0) is 67.1 Å². The molecule has 0 spiro atoms. The van der Waals surface area contributed by atoms with Gasteiger partial charge < -0.3 is 9.88 Å². The summed E-state index contributed by atoms with van der Waals surface area (Å²) in [6.07, 6.45) is 1.92. The second kappa shape index (κ2) is 6.50. The maximum absolute atomic E-state index is 12.3. The molecule has 4 nitrogen and oxygen atoms in total. The van der Waals surface area contributed by atoms with Gasteiger partial charge in [0.25, 0.3) is 5.91 Å². The van der Waals surface area contributed by atoms with Crippen molar-refractivity contribution in [2.75, 3.05) is 0 Å². The third kappa shape index (κ3) is 3.06. The van der Waals surface area contributed by atoms with Gasteiger partial charge in [0.15, 0.2) is 5.17 Å². The van der Waals surface area contributed by atoms with Crippen molar-refractivity contribution in [1.82, 2.24) is 9.88 Å². The van der Waals surface area contributed by atoms with Crippen LogP contribution in [0.5, 0.6) is 0 Å². The van der Waals surface area contributed by atoms with E-state index in [9.17, 15) is 4.79 Å². The molecule has 2 heterocycles. The zero-order valence-electron chi connectivity index (χ0n) is 14.9. The van der Waals surface area contributed by atoms with Gasteiger partial charge in [-0.3, -0.25) is 4.79 Å². The van der Waals surface area contributed by atoms with Gasteiger partial charge in [0, 0.05) is 23.6 Å². The smallest absolute Gasteiger partial charge is 0.264 e. The molecule has 0 bridgehead atoms. The fourth-order valence-electron chi connectivity index (χ4n) is 2.98. The van der Waals surface area contributed by atoms with Gasteiger partial charge in [0.2, 0.25) is 0 Å². The Labute approximate surface area is 156 Å². The topological polar surface area (TPSA) is 46.4 Å². The summed E-state index contributed by atoms with van der Waals surface area (Å²) in [5, 5.41) is 4.63. The van der Waals surface area contributed by atoms with Crippen LogP contribution >= 0.6 is 11.8 Å². The van der Waals surface area contributed by atoms with E-state index < -0.39 is 0 Å². The highest BCUT2D eigenvalue weighted by atomic mass is 32.2. The highest BCUT2D eigenvalue weighted by Gasteiger charge is 2.24. The van der Waals surface area contributed by atoms with E-state index in [1.54, 1.807) is 0 Å². The number of amidine groups is 1. The molecule has 5 heteroatoms. The van der Waals surface area contributed by atoms with Crippen LogP contribution in [0.3, 0.4) is 0 Å². The van der Waals surface area contributed by atoms with Gasteiger partial charge in [-0.1, -0.05) is 24.3 Å². The number of amides is 1. The van der Waals surface area contributed by atoms with Crippen LogP contribution in [0.15, 0.2) is 58.4 Å². The average molecular weight is 361 g/mol. The highest BCUT2D eigenvalue weighted by Crippen LogP contribution is 2.30. The van der Waals surface area contributed by atoms with E-state index in [0.29, 0.717) is 10.1 Å². The molecule has 1 amide bonds. The van der Waals surface area contributed by atoms with Crippen LogP contribution in [-0.2, 0) is 11.8 Å². The van der Waals surface area contributed by atoms with Crippen LogP contribution in [0.1, 0.15) is 16.8 Å². The first kappa shape index (κ1) is 16.7. The fourth-order valence-corrected chi connectivity index (χ4v) is 3.80. The molecule has 1 saturated heterocycles. The molecule has 1 fully saturated rings. The van der Waals surface area contributed by atoms with Crippen LogP contribution in [0.2, 0.25) is 0 Å². The van der Waals surface area contributed by atoms with E-state index in [2.05, 4.69) is 46.9 Å². The van der Waals surface area contributed by atoms with Crippen molar-refractivity contribution < 1.29 is 4.79 Å². The Balaban J connectivity index is 1.64. The second-order valence-corrected chi connectivity index (χ2v) is 7.47. The van der Waals surface area contributed by atoms with Gasteiger partial charge in [-0.2, -0.15) is 0 Å². The van der Waals surface area contributed by atoms with Crippen LogP contribution in [0.4, 0.5) is 5.69 Å². The molecule has 1 aromatic heterocycles. The summed E-state index contributed by atoms with van der Waals surface area (Å²) in [6.45, 7) is 4.13. The lowest BCUT2D eigenvalue weighted by Gasteiger charge is -2.01. The second-order valence-electron chi connectivity index (χ2n) is 6.44. The lowest BCUT2D eigenvalue weighted by molar-refractivity contribution is -0.115. The first-order chi connectivity index (χ1) is 12.5. The van der Waals surface area contributed by atoms with Gasteiger partial charge in [0.1, 0.15) is 0 Å². The van der Waals surface area contributed by atoms with E-state index in [4.69, 9.17) is 0 Å². The van der Waals surface area contributed by atoms with Crippen molar-refractivity contribution in [1.29, 1.82) is 0 Å². The molecular weight excluding hydrogens is 342 g/mol. The summed E-state index contributed by atoms with van der Waals surface area (Å²) in [6, 6.07) is 16.3. The maximum Gasteiger partial charge on any atom is 0.264 e. The Morgan fingerprint density at radius 2 is 1.88 bits per heavy atom. The molecule has 1 N–H and O–H groups in total.